The van der Waals surface area contributed by atoms with Crippen LogP contribution in [0.25, 0.3) is 0 Å². The van der Waals surface area contributed by atoms with Crippen molar-refractivity contribution in [3.8, 4) is 5.75 Å². The van der Waals surface area contributed by atoms with Crippen LogP contribution < -0.4 is 10.1 Å². The quantitative estimate of drug-likeness (QED) is 0.810. The topological polar surface area (TPSA) is 38.3 Å². The molecular weight excluding hydrogens is 317 g/mol. The van der Waals surface area contributed by atoms with Crippen LogP contribution in [0.4, 0.5) is 10.1 Å². The average Bonchev–Trinajstić information content (AvgIpc) is 2.55. The summed E-state index contributed by atoms with van der Waals surface area (Å²) in [5, 5.41) is 2.94. The van der Waals surface area contributed by atoms with Gasteiger partial charge in [-0.3, -0.25) is 4.79 Å². The van der Waals surface area contributed by atoms with Crippen LogP contribution >= 0.6 is 0 Å². The van der Waals surface area contributed by atoms with Gasteiger partial charge in [0.15, 0.2) is 0 Å². The van der Waals surface area contributed by atoms with Crippen LogP contribution in [0.15, 0.2) is 48.5 Å². The summed E-state index contributed by atoms with van der Waals surface area (Å²) in [6.07, 6.45) is 2.29. The van der Waals surface area contributed by atoms with Gasteiger partial charge in [0.05, 0.1) is 12.0 Å². The SMILES string of the molecule is CC(C)COc1ccc(NC(=O)C2(c3ccccc3F)CCC2)cc1. The maximum Gasteiger partial charge on any atom is 0.235 e. The van der Waals surface area contributed by atoms with Crippen molar-refractivity contribution < 1.29 is 13.9 Å². The minimum atomic E-state index is -0.752. The van der Waals surface area contributed by atoms with E-state index in [4.69, 9.17) is 4.74 Å². The van der Waals surface area contributed by atoms with Gasteiger partial charge in [0, 0.05) is 11.3 Å². The molecule has 1 fully saturated rings. The Morgan fingerprint density at radius 3 is 2.40 bits per heavy atom. The largest absolute Gasteiger partial charge is 0.493 e. The minimum Gasteiger partial charge on any atom is -0.493 e. The number of halogens is 1. The summed E-state index contributed by atoms with van der Waals surface area (Å²) in [5.74, 6) is 0.785. The van der Waals surface area contributed by atoms with Gasteiger partial charge in [-0.15, -0.1) is 0 Å². The number of hydrogen-bond donors (Lipinski definition) is 1. The van der Waals surface area contributed by atoms with E-state index in [-0.39, 0.29) is 11.7 Å². The van der Waals surface area contributed by atoms with Crippen molar-refractivity contribution in [2.45, 2.75) is 38.5 Å². The van der Waals surface area contributed by atoms with Crippen molar-refractivity contribution in [3.05, 3.63) is 59.9 Å². The number of ether oxygens (including phenoxy) is 1. The van der Waals surface area contributed by atoms with Gasteiger partial charge >= 0.3 is 0 Å². The number of anilines is 1. The highest BCUT2D eigenvalue weighted by Gasteiger charge is 2.47. The van der Waals surface area contributed by atoms with Crippen molar-refractivity contribution in [2.24, 2.45) is 5.92 Å². The van der Waals surface area contributed by atoms with Gasteiger partial charge in [-0.25, -0.2) is 4.39 Å². The number of amides is 1. The molecule has 25 heavy (non-hydrogen) atoms. The summed E-state index contributed by atoms with van der Waals surface area (Å²) in [4.78, 5) is 12.9. The van der Waals surface area contributed by atoms with Gasteiger partial charge in [-0.1, -0.05) is 38.5 Å². The Kier molecular flexibility index (Phi) is 5.07. The molecule has 4 heteroatoms. The van der Waals surface area contributed by atoms with Crippen molar-refractivity contribution in [1.29, 1.82) is 0 Å². The number of carbonyl (C=O) groups is 1. The zero-order valence-corrected chi connectivity index (χ0v) is 14.7. The molecular formula is C21H24FNO2. The molecule has 0 spiro atoms. The third kappa shape index (κ3) is 3.68. The molecule has 0 radical (unpaired) electrons. The van der Waals surface area contributed by atoms with E-state index in [1.807, 2.05) is 24.3 Å². The van der Waals surface area contributed by atoms with Crippen LogP contribution in [0.2, 0.25) is 0 Å². The zero-order valence-electron chi connectivity index (χ0n) is 14.7. The molecule has 2 aromatic carbocycles. The highest BCUT2D eigenvalue weighted by molar-refractivity contribution is 6.00. The van der Waals surface area contributed by atoms with Crippen LogP contribution in [0.5, 0.6) is 5.75 Å². The van der Waals surface area contributed by atoms with E-state index in [9.17, 15) is 9.18 Å². The summed E-state index contributed by atoms with van der Waals surface area (Å²) < 4.78 is 19.9. The predicted molar refractivity (Wildman–Crippen MR) is 97.3 cm³/mol. The molecule has 3 nitrogen and oxygen atoms in total. The lowest BCUT2D eigenvalue weighted by atomic mass is 9.63. The molecule has 0 saturated heterocycles. The number of benzene rings is 2. The van der Waals surface area contributed by atoms with Crippen LogP contribution in [0, 0.1) is 11.7 Å². The molecule has 0 bridgehead atoms. The molecule has 0 atom stereocenters. The first kappa shape index (κ1) is 17.5. The summed E-state index contributed by atoms with van der Waals surface area (Å²) >= 11 is 0. The van der Waals surface area contributed by atoms with Gasteiger partial charge in [-0.05, 0) is 49.1 Å². The lowest BCUT2D eigenvalue weighted by molar-refractivity contribution is -0.124. The molecule has 1 aliphatic rings. The summed E-state index contributed by atoms with van der Waals surface area (Å²) in [7, 11) is 0. The van der Waals surface area contributed by atoms with Gasteiger partial charge < -0.3 is 10.1 Å². The van der Waals surface area contributed by atoms with Crippen molar-refractivity contribution in [2.75, 3.05) is 11.9 Å². The van der Waals surface area contributed by atoms with Gasteiger partial charge in [0.2, 0.25) is 5.91 Å². The Hall–Kier alpha value is -2.36. The van der Waals surface area contributed by atoms with Gasteiger partial charge in [0.25, 0.3) is 0 Å². The number of hydrogen-bond acceptors (Lipinski definition) is 2. The van der Waals surface area contributed by atoms with Crippen molar-refractivity contribution in [3.63, 3.8) is 0 Å². The number of carbonyl (C=O) groups excluding carboxylic acids is 1. The lowest BCUT2D eigenvalue weighted by Gasteiger charge is -2.40. The fraction of sp³-hybridized carbons (Fsp3) is 0.381. The molecule has 1 aliphatic carbocycles. The fourth-order valence-corrected chi connectivity index (χ4v) is 3.15. The molecule has 1 amide bonds. The average molecular weight is 341 g/mol. The normalized spacial score (nSPS) is 15.5. The Balaban J connectivity index is 1.72. The Morgan fingerprint density at radius 2 is 1.84 bits per heavy atom. The highest BCUT2D eigenvalue weighted by atomic mass is 19.1. The Bertz CT molecular complexity index is 736. The molecule has 0 heterocycles. The first-order valence-electron chi connectivity index (χ1n) is 8.80. The molecule has 3 rings (SSSR count). The number of nitrogens with one attached hydrogen (secondary N) is 1. The summed E-state index contributed by atoms with van der Waals surface area (Å²) in [5.41, 5.74) is 0.443. The van der Waals surface area contributed by atoms with E-state index in [1.54, 1.807) is 18.2 Å². The van der Waals surface area contributed by atoms with Gasteiger partial charge in [0.1, 0.15) is 11.6 Å². The molecule has 0 aromatic heterocycles. The smallest absolute Gasteiger partial charge is 0.235 e. The standard InChI is InChI=1S/C21H24FNO2/c1-15(2)14-25-17-10-8-16(9-11-17)23-20(24)21(12-5-13-21)18-6-3-4-7-19(18)22/h3-4,6-11,15H,5,12-14H2,1-2H3,(H,23,24). The Labute approximate surface area is 148 Å². The molecule has 132 valence electrons. The number of rotatable bonds is 6. The summed E-state index contributed by atoms with van der Waals surface area (Å²) in [6.45, 7) is 4.84. The molecule has 1 saturated carbocycles. The van der Waals surface area contributed by atoms with Gasteiger partial charge in [-0.2, -0.15) is 0 Å². The molecule has 0 aliphatic heterocycles. The van der Waals surface area contributed by atoms with Crippen LogP contribution in [-0.4, -0.2) is 12.5 Å². The molecule has 1 N–H and O–H groups in total. The van der Waals surface area contributed by atoms with Crippen LogP contribution in [-0.2, 0) is 10.2 Å². The second kappa shape index (κ2) is 7.26. The fourth-order valence-electron chi connectivity index (χ4n) is 3.15. The first-order valence-corrected chi connectivity index (χ1v) is 8.80. The van der Waals surface area contributed by atoms with Crippen molar-refractivity contribution >= 4 is 11.6 Å². The molecule has 0 unspecified atom stereocenters. The maximum absolute atomic E-state index is 14.2. The summed E-state index contributed by atoms with van der Waals surface area (Å²) in [6, 6.07) is 13.9. The molecule has 2 aromatic rings. The predicted octanol–water partition coefficient (Wildman–Crippen LogP) is 4.92. The van der Waals surface area contributed by atoms with Crippen LogP contribution in [0.1, 0.15) is 38.7 Å². The van der Waals surface area contributed by atoms with E-state index in [0.29, 0.717) is 36.6 Å². The van der Waals surface area contributed by atoms with E-state index in [2.05, 4.69) is 19.2 Å². The van der Waals surface area contributed by atoms with Crippen molar-refractivity contribution in [1.82, 2.24) is 0 Å². The van der Waals surface area contributed by atoms with E-state index in [0.717, 1.165) is 12.2 Å². The lowest BCUT2D eigenvalue weighted by Crippen LogP contribution is -2.46. The third-order valence-electron chi connectivity index (χ3n) is 4.73. The Morgan fingerprint density at radius 1 is 1.16 bits per heavy atom. The monoisotopic (exact) mass is 341 g/mol. The second-order valence-electron chi connectivity index (χ2n) is 7.10. The zero-order chi connectivity index (χ0) is 17.9. The van der Waals surface area contributed by atoms with E-state index in [1.165, 1.54) is 6.07 Å². The highest BCUT2D eigenvalue weighted by Crippen LogP contribution is 2.45. The minimum absolute atomic E-state index is 0.139. The van der Waals surface area contributed by atoms with E-state index < -0.39 is 5.41 Å². The second-order valence-corrected chi connectivity index (χ2v) is 7.10. The van der Waals surface area contributed by atoms with Crippen LogP contribution in [0.3, 0.4) is 0 Å². The third-order valence-corrected chi connectivity index (χ3v) is 4.73. The van der Waals surface area contributed by atoms with E-state index >= 15 is 0 Å². The maximum atomic E-state index is 14.2. The first-order chi connectivity index (χ1) is 12.0.